The van der Waals surface area contributed by atoms with Crippen molar-refractivity contribution in [3.05, 3.63) is 65.7 Å². The first-order valence-electron chi connectivity index (χ1n) is 7.66. The normalized spacial score (nSPS) is 12.4. The first kappa shape index (κ1) is 15.6. The minimum atomic E-state index is 0.0984. The third kappa shape index (κ3) is 4.61. The molecule has 0 aliphatic rings. The van der Waals surface area contributed by atoms with Crippen molar-refractivity contribution in [2.75, 3.05) is 20.1 Å². The van der Waals surface area contributed by atoms with Gasteiger partial charge in [-0.2, -0.15) is 0 Å². The summed E-state index contributed by atoms with van der Waals surface area (Å²) in [5.74, 6) is 0.977. The molecule has 0 fully saturated rings. The Morgan fingerprint density at radius 2 is 1.67 bits per heavy atom. The lowest BCUT2D eigenvalue weighted by Gasteiger charge is -2.23. The van der Waals surface area contributed by atoms with Crippen molar-refractivity contribution >= 4 is 0 Å². The summed E-state index contributed by atoms with van der Waals surface area (Å²) in [6, 6.07) is 18.7. The van der Waals surface area contributed by atoms with E-state index in [4.69, 9.17) is 4.74 Å². The molecule has 0 aromatic heterocycles. The highest BCUT2D eigenvalue weighted by Crippen LogP contribution is 2.27. The average Bonchev–Trinajstić information content (AvgIpc) is 2.53. The number of hydrogen-bond donors (Lipinski definition) is 0. The maximum Gasteiger partial charge on any atom is 0.125 e. The van der Waals surface area contributed by atoms with Crippen LogP contribution in [0.5, 0.6) is 5.75 Å². The Kier molecular flexibility index (Phi) is 5.82. The zero-order chi connectivity index (χ0) is 15.1. The second kappa shape index (κ2) is 7.84. The monoisotopic (exact) mass is 283 g/mol. The first-order valence-corrected chi connectivity index (χ1v) is 7.66. The smallest absolute Gasteiger partial charge is 0.125 e. The Labute approximate surface area is 128 Å². The Hall–Kier alpha value is -1.80. The van der Waals surface area contributed by atoms with E-state index < -0.39 is 0 Å². The van der Waals surface area contributed by atoms with Gasteiger partial charge in [-0.25, -0.2) is 0 Å². The lowest BCUT2D eigenvalue weighted by Crippen LogP contribution is -2.22. The van der Waals surface area contributed by atoms with Crippen LogP contribution in [0.1, 0.15) is 30.6 Å². The van der Waals surface area contributed by atoms with Gasteiger partial charge < -0.3 is 9.64 Å². The molecule has 21 heavy (non-hydrogen) atoms. The Morgan fingerprint density at radius 3 is 2.33 bits per heavy atom. The Balaban J connectivity index is 2.14. The van der Waals surface area contributed by atoms with Crippen LogP contribution in [0.4, 0.5) is 0 Å². The minimum Gasteiger partial charge on any atom is -0.485 e. The van der Waals surface area contributed by atoms with Crippen molar-refractivity contribution in [2.24, 2.45) is 0 Å². The van der Waals surface area contributed by atoms with Gasteiger partial charge in [0.1, 0.15) is 11.9 Å². The van der Waals surface area contributed by atoms with Gasteiger partial charge in [0.25, 0.3) is 0 Å². The predicted octanol–water partition coefficient (Wildman–Crippen LogP) is 4.46. The lowest BCUT2D eigenvalue weighted by atomic mass is 10.1. The number of hydrogen-bond acceptors (Lipinski definition) is 2. The SMILES string of the molecule is CCN(C)CCC(Oc1ccccc1C)c1ccccc1. The van der Waals surface area contributed by atoms with Crippen LogP contribution in [0.3, 0.4) is 0 Å². The number of ether oxygens (including phenoxy) is 1. The van der Waals surface area contributed by atoms with E-state index in [1.807, 2.05) is 18.2 Å². The molecule has 0 saturated heterocycles. The highest BCUT2D eigenvalue weighted by Gasteiger charge is 2.14. The molecule has 0 saturated carbocycles. The van der Waals surface area contributed by atoms with E-state index in [1.165, 1.54) is 11.1 Å². The fourth-order valence-electron chi connectivity index (χ4n) is 2.30. The molecule has 0 N–H and O–H groups in total. The summed E-state index contributed by atoms with van der Waals surface area (Å²) in [6.07, 6.45) is 1.09. The molecular formula is C19H25NO. The second-order valence-corrected chi connectivity index (χ2v) is 5.47. The van der Waals surface area contributed by atoms with E-state index in [0.29, 0.717) is 0 Å². The second-order valence-electron chi connectivity index (χ2n) is 5.47. The van der Waals surface area contributed by atoms with Crippen LogP contribution in [0.15, 0.2) is 54.6 Å². The molecule has 0 amide bonds. The van der Waals surface area contributed by atoms with Gasteiger partial charge in [0.15, 0.2) is 0 Å². The van der Waals surface area contributed by atoms with Crippen molar-refractivity contribution in [2.45, 2.75) is 26.4 Å². The quantitative estimate of drug-likeness (QED) is 0.744. The molecule has 2 heteroatoms. The van der Waals surface area contributed by atoms with Crippen molar-refractivity contribution in [3.63, 3.8) is 0 Å². The summed E-state index contributed by atoms with van der Waals surface area (Å²) in [5, 5.41) is 0. The zero-order valence-electron chi connectivity index (χ0n) is 13.3. The fraction of sp³-hybridized carbons (Fsp3) is 0.368. The molecule has 1 atom stereocenters. The molecule has 0 spiro atoms. The van der Waals surface area contributed by atoms with Crippen molar-refractivity contribution in [1.82, 2.24) is 4.90 Å². The van der Waals surface area contributed by atoms with Gasteiger partial charge in [0, 0.05) is 13.0 Å². The van der Waals surface area contributed by atoms with Crippen LogP contribution in [-0.2, 0) is 0 Å². The average molecular weight is 283 g/mol. The zero-order valence-corrected chi connectivity index (χ0v) is 13.3. The number of para-hydroxylation sites is 1. The first-order chi connectivity index (χ1) is 10.2. The van der Waals surface area contributed by atoms with E-state index >= 15 is 0 Å². The maximum absolute atomic E-state index is 6.30. The molecule has 2 aromatic carbocycles. The molecule has 0 aliphatic carbocycles. The predicted molar refractivity (Wildman–Crippen MR) is 88.8 cm³/mol. The van der Waals surface area contributed by atoms with Crippen molar-refractivity contribution in [1.29, 1.82) is 0 Å². The van der Waals surface area contributed by atoms with Crippen molar-refractivity contribution < 1.29 is 4.74 Å². The summed E-state index contributed by atoms with van der Waals surface area (Å²) in [4.78, 5) is 2.32. The molecule has 0 heterocycles. The number of aryl methyl sites for hydroxylation is 1. The van der Waals surface area contributed by atoms with E-state index in [-0.39, 0.29) is 6.10 Å². The molecule has 0 aliphatic heterocycles. The number of nitrogens with zero attached hydrogens (tertiary/aromatic N) is 1. The molecule has 2 rings (SSSR count). The molecule has 1 unspecified atom stereocenters. The molecule has 2 aromatic rings. The van der Waals surface area contributed by atoms with Crippen LogP contribution in [-0.4, -0.2) is 25.0 Å². The summed E-state index contributed by atoms with van der Waals surface area (Å²) < 4.78 is 6.30. The Bertz CT molecular complexity index is 538. The summed E-state index contributed by atoms with van der Waals surface area (Å²) in [6.45, 7) is 6.36. The molecule has 2 nitrogen and oxygen atoms in total. The molecule has 0 bridgehead atoms. The summed E-state index contributed by atoms with van der Waals surface area (Å²) in [7, 11) is 2.15. The van der Waals surface area contributed by atoms with Gasteiger partial charge in [-0.3, -0.25) is 0 Å². The topological polar surface area (TPSA) is 12.5 Å². The van der Waals surface area contributed by atoms with Crippen LogP contribution in [0.25, 0.3) is 0 Å². The molecular weight excluding hydrogens is 258 g/mol. The third-order valence-electron chi connectivity index (χ3n) is 3.85. The largest absolute Gasteiger partial charge is 0.485 e. The van der Waals surface area contributed by atoms with Crippen LogP contribution in [0, 0.1) is 6.92 Å². The van der Waals surface area contributed by atoms with Crippen LogP contribution in [0.2, 0.25) is 0 Å². The third-order valence-corrected chi connectivity index (χ3v) is 3.85. The van der Waals surface area contributed by atoms with Crippen molar-refractivity contribution in [3.8, 4) is 5.75 Å². The fourth-order valence-corrected chi connectivity index (χ4v) is 2.30. The van der Waals surface area contributed by atoms with Gasteiger partial charge in [-0.05, 0) is 37.7 Å². The highest BCUT2D eigenvalue weighted by molar-refractivity contribution is 5.33. The van der Waals surface area contributed by atoms with E-state index in [1.54, 1.807) is 0 Å². The molecule has 112 valence electrons. The number of rotatable bonds is 7. The maximum atomic E-state index is 6.30. The van der Waals surface area contributed by atoms with E-state index in [2.05, 4.69) is 62.2 Å². The molecule has 0 radical (unpaired) electrons. The van der Waals surface area contributed by atoms with Gasteiger partial charge in [-0.1, -0.05) is 55.5 Å². The van der Waals surface area contributed by atoms with Gasteiger partial charge in [0.05, 0.1) is 0 Å². The minimum absolute atomic E-state index is 0.0984. The van der Waals surface area contributed by atoms with E-state index in [9.17, 15) is 0 Å². The van der Waals surface area contributed by atoms with Gasteiger partial charge in [0.2, 0.25) is 0 Å². The van der Waals surface area contributed by atoms with Crippen LogP contribution >= 0.6 is 0 Å². The van der Waals surface area contributed by atoms with Crippen LogP contribution < -0.4 is 4.74 Å². The summed E-state index contributed by atoms with van der Waals surface area (Å²) >= 11 is 0. The van der Waals surface area contributed by atoms with Gasteiger partial charge >= 0.3 is 0 Å². The highest BCUT2D eigenvalue weighted by atomic mass is 16.5. The Morgan fingerprint density at radius 1 is 1.00 bits per heavy atom. The summed E-state index contributed by atoms with van der Waals surface area (Å²) in [5.41, 5.74) is 2.42. The van der Waals surface area contributed by atoms with E-state index in [0.717, 1.165) is 25.3 Å². The lowest BCUT2D eigenvalue weighted by molar-refractivity contribution is 0.173. The number of benzene rings is 2. The van der Waals surface area contributed by atoms with Gasteiger partial charge in [-0.15, -0.1) is 0 Å². The standard InChI is InChI=1S/C19H25NO/c1-4-20(3)15-14-19(17-11-6-5-7-12-17)21-18-13-9-8-10-16(18)2/h5-13,19H,4,14-15H2,1-3H3.